The Hall–Kier alpha value is -2.40. The van der Waals surface area contributed by atoms with Crippen LogP contribution in [0, 0.1) is 19.8 Å². The van der Waals surface area contributed by atoms with Gasteiger partial charge in [-0.25, -0.2) is 4.98 Å². The van der Waals surface area contributed by atoms with Gasteiger partial charge in [0.1, 0.15) is 0 Å². The number of piperidine rings is 1. The van der Waals surface area contributed by atoms with Crippen molar-refractivity contribution in [3.8, 4) is 0 Å². The smallest absolute Gasteiger partial charge is 0.229 e. The Bertz CT molecular complexity index is 932. The molecule has 4 rings (SSSR count). The lowest BCUT2D eigenvalue weighted by molar-refractivity contribution is -0.120. The molecule has 2 aromatic carbocycles. The van der Waals surface area contributed by atoms with Crippen molar-refractivity contribution in [1.29, 1.82) is 0 Å². The van der Waals surface area contributed by atoms with E-state index in [2.05, 4.69) is 35.3 Å². The van der Waals surface area contributed by atoms with Crippen LogP contribution in [0.5, 0.6) is 0 Å². The van der Waals surface area contributed by atoms with Crippen molar-refractivity contribution >= 4 is 38.3 Å². The fourth-order valence-electron chi connectivity index (χ4n) is 3.40. The van der Waals surface area contributed by atoms with Crippen LogP contribution >= 0.6 is 11.3 Å². The third-order valence-electron chi connectivity index (χ3n) is 4.91. The van der Waals surface area contributed by atoms with E-state index in [4.69, 9.17) is 4.98 Å². The molecule has 1 fully saturated rings. The molecule has 1 amide bonds. The van der Waals surface area contributed by atoms with Crippen LogP contribution in [-0.2, 0) is 4.79 Å². The molecule has 0 aliphatic carbocycles. The maximum Gasteiger partial charge on any atom is 0.229 e. The molecule has 0 radical (unpaired) electrons. The highest BCUT2D eigenvalue weighted by Crippen LogP contribution is 2.32. The number of amides is 1. The minimum absolute atomic E-state index is 0.00111. The Kier molecular flexibility index (Phi) is 4.64. The molecule has 0 saturated carbocycles. The molecular formula is C21H23N3OS. The van der Waals surface area contributed by atoms with Crippen LogP contribution in [0.4, 0.5) is 10.8 Å². The number of anilines is 2. The molecular weight excluding hydrogens is 342 g/mol. The summed E-state index contributed by atoms with van der Waals surface area (Å²) in [5.41, 5.74) is 4.36. The number of aromatic nitrogens is 1. The number of nitrogens with one attached hydrogen (secondary N) is 1. The molecule has 1 unspecified atom stereocenters. The second-order valence-corrected chi connectivity index (χ2v) is 8.12. The Morgan fingerprint density at radius 2 is 1.92 bits per heavy atom. The molecule has 134 valence electrons. The molecule has 1 saturated heterocycles. The standard InChI is InChI=1S/C21H23N3OS/c1-14-5-8-17(9-6-14)22-20(25)16-4-3-11-24(13-16)21-23-18-10-7-15(2)12-19(18)26-21/h5-10,12,16H,3-4,11,13H2,1-2H3,(H,22,25). The molecule has 1 N–H and O–H groups in total. The molecule has 4 nitrogen and oxygen atoms in total. The molecule has 5 heteroatoms. The first kappa shape index (κ1) is 17.0. The predicted octanol–water partition coefficient (Wildman–Crippen LogP) is 4.77. The summed E-state index contributed by atoms with van der Waals surface area (Å²) in [6.45, 7) is 5.85. The van der Waals surface area contributed by atoms with Crippen molar-refractivity contribution in [3.63, 3.8) is 0 Å². The van der Waals surface area contributed by atoms with Gasteiger partial charge in [0.15, 0.2) is 5.13 Å². The van der Waals surface area contributed by atoms with E-state index in [0.29, 0.717) is 0 Å². The average molecular weight is 366 g/mol. The van der Waals surface area contributed by atoms with Crippen LogP contribution in [0.15, 0.2) is 42.5 Å². The van der Waals surface area contributed by atoms with E-state index in [0.717, 1.165) is 42.3 Å². The molecule has 2 heterocycles. The summed E-state index contributed by atoms with van der Waals surface area (Å²) in [4.78, 5) is 19.7. The van der Waals surface area contributed by atoms with E-state index in [1.54, 1.807) is 11.3 Å². The summed E-state index contributed by atoms with van der Waals surface area (Å²) in [7, 11) is 0. The number of carbonyl (C=O) groups excluding carboxylic acids is 1. The van der Waals surface area contributed by atoms with Crippen LogP contribution in [0.25, 0.3) is 10.2 Å². The fourth-order valence-corrected chi connectivity index (χ4v) is 4.50. The number of aryl methyl sites for hydroxylation is 2. The summed E-state index contributed by atoms with van der Waals surface area (Å²) in [6, 6.07) is 14.3. The van der Waals surface area contributed by atoms with Gasteiger partial charge < -0.3 is 10.2 Å². The summed E-state index contributed by atoms with van der Waals surface area (Å²) < 4.78 is 1.21. The van der Waals surface area contributed by atoms with Gasteiger partial charge in [-0.15, -0.1) is 0 Å². The van der Waals surface area contributed by atoms with Gasteiger partial charge in [0.2, 0.25) is 5.91 Å². The van der Waals surface area contributed by atoms with Crippen molar-refractivity contribution in [3.05, 3.63) is 53.6 Å². The van der Waals surface area contributed by atoms with E-state index >= 15 is 0 Å². The summed E-state index contributed by atoms with van der Waals surface area (Å²) in [5, 5.41) is 4.09. The first-order chi connectivity index (χ1) is 12.6. The number of hydrogen-bond acceptors (Lipinski definition) is 4. The number of benzene rings is 2. The Balaban J connectivity index is 1.47. The van der Waals surface area contributed by atoms with E-state index in [1.165, 1.54) is 15.8 Å². The predicted molar refractivity (Wildman–Crippen MR) is 109 cm³/mol. The van der Waals surface area contributed by atoms with Crippen molar-refractivity contribution in [1.82, 2.24) is 4.98 Å². The first-order valence-electron chi connectivity index (χ1n) is 9.08. The van der Waals surface area contributed by atoms with Crippen LogP contribution in [0.1, 0.15) is 24.0 Å². The Labute approximate surface area is 157 Å². The van der Waals surface area contributed by atoms with E-state index in [-0.39, 0.29) is 11.8 Å². The van der Waals surface area contributed by atoms with E-state index in [1.807, 2.05) is 31.2 Å². The van der Waals surface area contributed by atoms with Crippen LogP contribution in [-0.4, -0.2) is 24.0 Å². The molecule has 0 spiro atoms. The minimum atomic E-state index is -0.00111. The van der Waals surface area contributed by atoms with Crippen LogP contribution < -0.4 is 10.2 Å². The largest absolute Gasteiger partial charge is 0.347 e. The molecule has 1 aromatic heterocycles. The quantitative estimate of drug-likeness (QED) is 0.727. The zero-order valence-electron chi connectivity index (χ0n) is 15.2. The number of carbonyl (C=O) groups is 1. The van der Waals surface area contributed by atoms with E-state index in [9.17, 15) is 4.79 Å². The topological polar surface area (TPSA) is 45.2 Å². The number of hydrogen-bond donors (Lipinski definition) is 1. The Morgan fingerprint density at radius 3 is 2.73 bits per heavy atom. The lowest BCUT2D eigenvalue weighted by atomic mass is 9.97. The molecule has 3 aromatic rings. The van der Waals surface area contributed by atoms with Gasteiger partial charge in [-0.05, 0) is 56.5 Å². The Morgan fingerprint density at radius 1 is 1.15 bits per heavy atom. The summed E-state index contributed by atoms with van der Waals surface area (Å²) >= 11 is 1.72. The second kappa shape index (κ2) is 7.08. The average Bonchev–Trinajstić information content (AvgIpc) is 3.07. The maximum atomic E-state index is 12.7. The molecule has 0 bridgehead atoms. The highest BCUT2D eigenvalue weighted by Gasteiger charge is 2.27. The van der Waals surface area contributed by atoms with Gasteiger partial charge in [0.05, 0.1) is 16.1 Å². The first-order valence-corrected chi connectivity index (χ1v) is 9.90. The number of nitrogens with zero attached hydrogens (tertiary/aromatic N) is 2. The third-order valence-corrected chi connectivity index (χ3v) is 5.99. The highest BCUT2D eigenvalue weighted by molar-refractivity contribution is 7.22. The summed E-state index contributed by atoms with van der Waals surface area (Å²) in [6.07, 6.45) is 1.94. The van der Waals surface area contributed by atoms with Crippen molar-refractivity contribution in [2.75, 3.05) is 23.3 Å². The van der Waals surface area contributed by atoms with Gasteiger partial charge in [-0.3, -0.25) is 4.79 Å². The SMILES string of the molecule is Cc1ccc(NC(=O)C2CCCN(c3nc4ccc(C)cc4s3)C2)cc1. The fraction of sp³-hybridized carbons (Fsp3) is 0.333. The second-order valence-electron chi connectivity index (χ2n) is 7.11. The van der Waals surface area contributed by atoms with Gasteiger partial charge in [0.25, 0.3) is 0 Å². The zero-order valence-corrected chi connectivity index (χ0v) is 16.0. The molecule has 1 aliphatic heterocycles. The number of thiazole rings is 1. The summed E-state index contributed by atoms with van der Waals surface area (Å²) in [5.74, 6) is 0.106. The van der Waals surface area contributed by atoms with Gasteiger partial charge in [-0.2, -0.15) is 0 Å². The van der Waals surface area contributed by atoms with Gasteiger partial charge >= 0.3 is 0 Å². The normalized spacial score (nSPS) is 17.5. The van der Waals surface area contributed by atoms with Crippen LogP contribution in [0.3, 0.4) is 0 Å². The van der Waals surface area contributed by atoms with Gasteiger partial charge in [-0.1, -0.05) is 35.1 Å². The molecule has 1 atom stereocenters. The van der Waals surface area contributed by atoms with Crippen molar-refractivity contribution in [2.45, 2.75) is 26.7 Å². The van der Waals surface area contributed by atoms with E-state index < -0.39 is 0 Å². The molecule has 26 heavy (non-hydrogen) atoms. The zero-order chi connectivity index (χ0) is 18.1. The monoisotopic (exact) mass is 365 g/mol. The number of fused-ring (bicyclic) bond motifs is 1. The maximum absolute atomic E-state index is 12.7. The highest BCUT2D eigenvalue weighted by atomic mass is 32.1. The van der Waals surface area contributed by atoms with Gasteiger partial charge in [0, 0.05) is 18.8 Å². The molecule has 1 aliphatic rings. The minimum Gasteiger partial charge on any atom is -0.347 e. The van der Waals surface area contributed by atoms with Crippen molar-refractivity contribution in [2.24, 2.45) is 5.92 Å². The number of rotatable bonds is 3. The van der Waals surface area contributed by atoms with Crippen LogP contribution in [0.2, 0.25) is 0 Å². The van der Waals surface area contributed by atoms with Crippen molar-refractivity contribution < 1.29 is 4.79 Å². The lowest BCUT2D eigenvalue weighted by Crippen LogP contribution is -2.40. The third kappa shape index (κ3) is 3.58. The lowest BCUT2D eigenvalue weighted by Gasteiger charge is -2.31.